The highest BCUT2D eigenvalue weighted by molar-refractivity contribution is 6.06. The van der Waals surface area contributed by atoms with E-state index in [9.17, 15) is 9.59 Å². The van der Waals surface area contributed by atoms with Crippen LogP contribution in [0.4, 0.5) is 5.69 Å². The van der Waals surface area contributed by atoms with Crippen LogP contribution in [0.25, 0.3) is 0 Å². The number of anilines is 1. The van der Waals surface area contributed by atoms with Gasteiger partial charge in [0.2, 0.25) is 0 Å². The number of rotatable bonds is 8. The molecule has 0 aliphatic rings. The molecule has 0 saturated carbocycles. The number of H-pyrrole nitrogens is 1. The van der Waals surface area contributed by atoms with Gasteiger partial charge < -0.3 is 15.0 Å². The number of hydrogen-bond donors (Lipinski definition) is 2. The second-order valence-corrected chi connectivity index (χ2v) is 6.46. The molecule has 0 aliphatic heterocycles. The first-order valence-corrected chi connectivity index (χ1v) is 9.40. The van der Waals surface area contributed by atoms with Gasteiger partial charge in [0.05, 0.1) is 12.2 Å². The number of aryl methyl sites for hydroxylation is 1. The zero-order chi connectivity index (χ0) is 20.0. The molecule has 0 aliphatic carbocycles. The van der Waals surface area contributed by atoms with Crippen LogP contribution in [-0.2, 0) is 11.3 Å². The Bertz CT molecular complexity index is 807. The molecule has 2 aromatic rings. The molecule has 1 heterocycles. The lowest BCUT2D eigenvalue weighted by molar-refractivity contribution is 0.0525. The quantitative estimate of drug-likeness (QED) is 0.690. The predicted octanol–water partition coefficient (Wildman–Crippen LogP) is 3.90. The maximum atomic E-state index is 12.7. The minimum absolute atomic E-state index is 0.272. The first-order chi connectivity index (χ1) is 12.9. The van der Waals surface area contributed by atoms with Gasteiger partial charge in [-0.15, -0.1) is 0 Å². The first-order valence-electron chi connectivity index (χ1n) is 9.40. The molecule has 0 spiro atoms. The standard InChI is InChI=1S/C21H29N3O3/c1-6-24(7-2)13-16-10-9-11-17(12-16)23-20(25)19-14(4)18(15(5)22-19)21(26)27-8-3/h9-12,22H,6-8,13H2,1-5H3,(H,23,25). The Labute approximate surface area is 160 Å². The average Bonchev–Trinajstić information content (AvgIpc) is 2.94. The van der Waals surface area contributed by atoms with E-state index in [0.29, 0.717) is 29.1 Å². The van der Waals surface area contributed by atoms with Crippen molar-refractivity contribution in [2.75, 3.05) is 25.0 Å². The number of esters is 1. The number of nitrogens with zero attached hydrogens (tertiary/aromatic N) is 1. The zero-order valence-corrected chi connectivity index (χ0v) is 16.8. The van der Waals surface area contributed by atoms with Crippen molar-refractivity contribution in [3.63, 3.8) is 0 Å². The van der Waals surface area contributed by atoms with Crippen LogP contribution in [0.1, 0.15) is 58.4 Å². The minimum atomic E-state index is -0.413. The Morgan fingerprint density at radius 1 is 1.15 bits per heavy atom. The monoisotopic (exact) mass is 371 g/mol. The molecule has 2 N–H and O–H groups in total. The van der Waals surface area contributed by atoms with E-state index in [4.69, 9.17) is 4.74 Å². The Hall–Kier alpha value is -2.60. The summed E-state index contributed by atoms with van der Waals surface area (Å²) in [7, 11) is 0. The van der Waals surface area contributed by atoms with Gasteiger partial charge in [0.15, 0.2) is 0 Å². The van der Waals surface area contributed by atoms with Gasteiger partial charge in [-0.25, -0.2) is 4.79 Å². The molecule has 0 atom stereocenters. The second-order valence-electron chi connectivity index (χ2n) is 6.46. The molecule has 1 aromatic carbocycles. The number of benzene rings is 1. The molecule has 0 fully saturated rings. The fraction of sp³-hybridized carbons (Fsp3) is 0.429. The van der Waals surface area contributed by atoms with Gasteiger partial charge in [0.25, 0.3) is 5.91 Å². The van der Waals surface area contributed by atoms with Gasteiger partial charge in [-0.1, -0.05) is 26.0 Å². The maximum absolute atomic E-state index is 12.7. The lowest BCUT2D eigenvalue weighted by Crippen LogP contribution is -2.22. The van der Waals surface area contributed by atoms with Gasteiger partial charge >= 0.3 is 5.97 Å². The van der Waals surface area contributed by atoms with Crippen molar-refractivity contribution in [2.45, 2.75) is 41.2 Å². The van der Waals surface area contributed by atoms with E-state index in [1.165, 1.54) is 0 Å². The molecule has 0 radical (unpaired) electrons. The number of amides is 1. The molecule has 27 heavy (non-hydrogen) atoms. The number of ether oxygens (including phenoxy) is 1. The van der Waals surface area contributed by atoms with E-state index in [-0.39, 0.29) is 5.91 Å². The van der Waals surface area contributed by atoms with Crippen molar-refractivity contribution in [2.24, 2.45) is 0 Å². The highest BCUT2D eigenvalue weighted by atomic mass is 16.5. The van der Waals surface area contributed by atoms with Crippen LogP contribution in [0.15, 0.2) is 24.3 Å². The summed E-state index contributed by atoms with van der Waals surface area (Å²) in [5, 5.41) is 2.92. The van der Waals surface area contributed by atoms with Crippen molar-refractivity contribution in [1.82, 2.24) is 9.88 Å². The third kappa shape index (κ3) is 4.98. The minimum Gasteiger partial charge on any atom is -0.462 e. The summed E-state index contributed by atoms with van der Waals surface area (Å²) in [6.45, 7) is 12.6. The molecular weight excluding hydrogens is 342 g/mol. The molecule has 6 nitrogen and oxygen atoms in total. The van der Waals surface area contributed by atoms with Crippen molar-refractivity contribution in [3.8, 4) is 0 Å². The van der Waals surface area contributed by atoms with Crippen LogP contribution in [0.5, 0.6) is 0 Å². The number of carbonyl (C=O) groups is 2. The average molecular weight is 371 g/mol. The Morgan fingerprint density at radius 2 is 1.85 bits per heavy atom. The molecule has 0 saturated heterocycles. The molecule has 146 valence electrons. The number of carbonyl (C=O) groups excluding carboxylic acids is 2. The molecule has 0 bridgehead atoms. The molecule has 0 unspecified atom stereocenters. The molecule has 1 aromatic heterocycles. The van der Waals surface area contributed by atoms with E-state index in [1.54, 1.807) is 20.8 Å². The summed E-state index contributed by atoms with van der Waals surface area (Å²) >= 11 is 0. The van der Waals surface area contributed by atoms with E-state index < -0.39 is 5.97 Å². The van der Waals surface area contributed by atoms with Crippen molar-refractivity contribution >= 4 is 17.6 Å². The maximum Gasteiger partial charge on any atom is 0.340 e. The van der Waals surface area contributed by atoms with E-state index in [0.717, 1.165) is 30.9 Å². The normalized spacial score (nSPS) is 10.9. The van der Waals surface area contributed by atoms with Crippen LogP contribution in [0.2, 0.25) is 0 Å². The van der Waals surface area contributed by atoms with Crippen LogP contribution >= 0.6 is 0 Å². The van der Waals surface area contributed by atoms with E-state index in [2.05, 4.69) is 35.1 Å². The largest absolute Gasteiger partial charge is 0.462 e. The Balaban J connectivity index is 2.18. The highest BCUT2D eigenvalue weighted by Gasteiger charge is 2.22. The van der Waals surface area contributed by atoms with Gasteiger partial charge in [0.1, 0.15) is 5.69 Å². The fourth-order valence-electron chi connectivity index (χ4n) is 3.13. The summed E-state index contributed by atoms with van der Waals surface area (Å²) in [4.78, 5) is 30.2. The third-order valence-corrected chi connectivity index (χ3v) is 4.63. The molecule has 2 rings (SSSR count). The number of hydrogen-bond acceptors (Lipinski definition) is 4. The SMILES string of the molecule is CCOC(=O)c1c(C)[nH]c(C(=O)Nc2cccc(CN(CC)CC)c2)c1C. The summed E-state index contributed by atoms with van der Waals surface area (Å²) in [5.41, 5.74) is 3.91. The van der Waals surface area contributed by atoms with Crippen molar-refractivity contribution < 1.29 is 14.3 Å². The molecule has 6 heteroatoms. The number of aromatic nitrogens is 1. The van der Waals surface area contributed by atoms with Crippen molar-refractivity contribution in [1.29, 1.82) is 0 Å². The van der Waals surface area contributed by atoms with Crippen LogP contribution < -0.4 is 5.32 Å². The zero-order valence-electron chi connectivity index (χ0n) is 16.8. The predicted molar refractivity (Wildman–Crippen MR) is 107 cm³/mol. The third-order valence-electron chi connectivity index (χ3n) is 4.63. The lowest BCUT2D eigenvalue weighted by atomic mass is 10.1. The second kappa shape index (κ2) is 9.37. The van der Waals surface area contributed by atoms with Gasteiger partial charge in [-0.3, -0.25) is 9.69 Å². The summed E-state index contributed by atoms with van der Waals surface area (Å²) in [6, 6.07) is 7.83. The van der Waals surface area contributed by atoms with E-state index in [1.807, 2.05) is 18.2 Å². The van der Waals surface area contributed by atoms with Crippen LogP contribution in [0.3, 0.4) is 0 Å². The number of nitrogens with one attached hydrogen (secondary N) is 2. The van der Waals surface area contributed by atoms with Crippen LogP contribution in [0, 0.1) is 13.8 Å². The van der Waals surface area contributed by atoms with E-state index >= 15 is 0 Å². The van der Waals surface area contributed by atoms with Gasteiger partial charge in [0, 0.05) is 17.9 Å². The summed E-state index contributed by atoms with van der Waals surface area (Å²) in [5.74, 6) is -0.685. The summed E-state index contributed by atoms with van der Waals surface area (Å²) < 4.78 is 5.08. The Kier molecular flexibility index (Phi) is 7.19. The summed E-state index contributed by atoms with van der Waals surface area (Å²) in [6.07, 6.45) is 0. The van der Waals surface area contributed by atoms with Crippen LogP contribution in [-0.4, -0.2) is 41.5 Å². The first kappa shape index (κ1) is 20.7. The highest BCUT2D eigenvalue weighted by Crippen LogP contribution is 2.21. The lowest BCUT2D eigenvalue weighted by Gasteiger charge is -2.18. The Morgan fingerprint density at radius 3 is 2.48 bits per heavy atom. The number of aromatic amines is 1. The van der Waals surface area contributed by atoms with Gasteiger partial charge in [-0.05, 0) is 57.1 Å². The molecule has 1 amide bonds. The molecular formula is C21H29N3O3. The smallest absolute Gasteiger partial charge is 0.340 e. The van der Waals surface area contributed by atoms with Crippen molar-refractivity contribution in [3.05, 3.63) is 52.3 Å². The topological polar surface area (TPSA) is 74.4 Å². The van der Waals surface area contributed by atoms with Gasteiger partial charge in [-0.2, -0.15) is 0 Å². The fourth-order valence-corrected chi connectivity index (χ4v) is 3.13.